The van der Waals surface area contributed by atoms with Crippen LogP contribution >= 0.6 is 24.0 Å². The van der Waals surface area contributed by atoms with Crippen LogP contribution < -0.4 is 11.1 Å². The summed E-state index contributed by atoms with van der Waals surface area (Å²) in [4.78, 5) is 4.30. The van der Waals surface area contributed by atoms with Gasteiger partial charge in [-0.3, -0.25) is 4.99 Å². The molecule has 4 nitrogen and oxygen atoms in total. The van der Waals surface area contributed by atoms with E-state index in [1.54, 1.807) is 0 Å². The van der Waals surface area contributed by atoms with Crippen molar-refractivity contribution in [2.45, 2.75) is 39.7 Å². The first-order valence-corrected chi connectivity index (χ1v) is 7.84. The van der Waals surface area contributed by atoms with E-state index in [-0.39, 0.29) is 24.0 Å². The maximum absolute atomic E-state index is 5.78. The molecule has 0 amide bonds. The van der Waals surface area contributed by atoms with E-state index in [9.17, 15) is 0 Å². The van der Waals surface area contributed by atoms with Crippen molar-refractivity contribution in [2.75, 3.05) is 19.7 Å². The van der Waals surface area contributed by atoms with Gasteiger partial charge >= 0.3 is 0 Å². The number of benzene rings is 1. The third kappa shape index (κ3) is 11.8. The minimum Gasteiger partial charge on any atom is -0.377 e. The molecule has 22 heavy (non-hydrogen) atoms. The van der Waals surface area contributed by atoms with Crippen molar-refractivity contribution in [3.05, 3.63) is 35.9 Å². The molecule has 0 bridgehead atoms. The largest absolute Gasteiger partial charge is 0.377 e. The van der Waals surface area contributed by atoms with Crippen LogP contribution in [0.2, 0.25) is 0 Å². The highest BCUT2D eigenvalue weighted by Gasteiger charge is 1.95. The second-order valence-electron chi connectivity index (χ2n) is 5.62. The van der Waals surface area contributed by atoms with E-state index in [4.69, 9.17) is 10.5 Å². The van der Waals surface area contributed by atoms with Gasteiger partial charge in [0.2, 0.25) is 0 Å². The second kappa shape index (κ2) is 13.8. The summed E-state index contributed by atoms with van der Waals surface area (Å²) in [6, 6.07) is 10.2. The molecule has 0 aliphatic carbocycles. The highest BCUT2D eigenvalue weighted by Crippen LogP contribution is 2.01. The molecule has 0 aliphatic heterocycles. The first-order valence-electron chi connectivity index (χ1n) is 7.84. The van der Waals surface area contributed by atoms with E-state index in [1.165, 1.54) is 5.56 Å². The summed E-state index contributed by atoms with van der Waals surface area (Å²) in [6.07, 6.45) is 3.13. The molecule has 0 saturated carbocycles. The Kier molecular flexibility index (Phi) is 13.3. The van der Waals surface area contributed by atoms with Gasteiger partial charge in [-0.15, -0.1) is 24.0 Å². The molecule has 1 aromatic rings. The van der Waals surface area contributed by atoms with Crippen molar-refractivity contribution in [1.82, 2.24) is 5.32 Å². The van der Waals surface area contributed by atoms with Crippen molar-refractivity contribution in [2.24, 2.45) is 16.6 Å². The number of hydrogen-bond donors (Lipinski definition) is 2. The predicted molar refractivity (Wildman–Crippen MR) is 105 cm³/mol. The fourth-order valence-corrected chi connectivity index (χ4v) is 1.82. The van der Waals surface area contributed by atoms with E-state index >= 15 is 0 Å². The number of ether oxygens (including phenoxy) is 1. The highest BCUT2D eigenvalue weighted by molar-refractivity contribution is 14.0. The molecule has 0 fully saturated rings. The third-order valence-corrected chi connectivity index (χ3v) is 3.12. The number of halogens is 1. The number of nitrogens with zero attached hydrogens (tertiary/aromatic N) is 1. The van der Waals surface area contributed by atoms with Crippen LogP contribution in [0.4, 0.5) is 0 Å². The van der Waals surface area contributed by atoms with Gasteiger partial charge in [0.05, 0.1) is 6.61 Å². The number of guanidine groups is 1. The summed E-state index contributed by atoms with van der Waals surface area (Å²) in [6.45, 7) is 7.51. The van der Waals surface area contributed by atoms with Crippen LogP contribution in [0, 0.1) is 5.92 Å². The molecular weight excluding hydrogens is 389 g/mol. The zero-order valence-corrected chi connectivity index (χ0v) is 16.1. The predicted octanol–water partition coefficient (Wildman–Crippen LogP) is 3.55. The lowest BCUT2D eigenvalue weighted by Crippen LogP contribution is -2.33. The van der Waals surface area contributed by atoms with Crippen LogP contribution in [-0.2, 0) is 11.3 Å². The monoisotopic (exact) mass is 419 g/mol. The van der Waals surface area contributed by atoms with Gasteiger partial charge in [-0.2, -0.15) is 0 Å². The van der Waals surface area contributed by atoms with Gasteiger partial charge in [-0.05, 0) is 30.7 Å². The first-order chi connectivity index (χ1) is 10.2. The number of hydrogen-bond acceptors (Lipinski definition) is 2. The number of nitrogens with two attached hydrogens (primary N) is 1. The van der Waals surface area contributed by atoms with E-state index < -0.39 is 0 Å². The average Bonchev–Trinajstić information content (AvgIpc) is 2.47. The van der Waals surface area contributed by atoms with E-state index in [0.29, 0.717) is 18.5 Å². The minimum absolute atomic E-state index is 0. The van der Waals surface area contributed by atoms with Gasteiger partial charge in [0.1, 0.15) is 0 Å². The Morgan fingerprint density at radius 2 is 1.95 bits per heavy atom. The Bertz CT molecular complexity index is 396. The molecule has 0 saturated heterocycles. The van der Waals surface area contributed by atoms with E-state index in [1.807, 2.05) is 18.2 Å². The van der Waals surface area contributed by atoms with Gasteiger partial charge in [0, 0.05) is 19.7 Å². The van der Waals surface area contributed by atoms with Crippen LogP contribution in [0.3, 0.4) is 0 Å². The van der Waals surface area contributed by atoms with Gasteiger partial charge in [-0.1, -0.05) is 44.2 Å². The van der Waals surface area contributed by atoms with Crippen LogP contribution in [0.1, 0.15) is 38.7 Å². The Hall–Kier alpha value is -0.820. The first kappa shape index (κ1) is 21.2. The zero-order valence-electron chi connectivity index (χ0n) is 13.8. The Morgan fingerprint density at radius 3 is 2.64 bits per heavy atom. The Morgan fingerprint density at radius 1 is 1.23 bits per heavy atom. The van der Waals surface area contributed by atoms with E-state index in [2.05, 4.69) is 36.3 Å². The molecule has 126 valence electrons. The second-order valence-corrected chi connectivity index (χ2v) is 5.62. The number of nitrogens with one attached hydrogen (secondary N) is 1. The Labute approximate surface area is 151 Å². The molecule has 0 aliphatic rings. The molecule has 1 rings (SSSR count). The smallest absolute Gasteiger partial charge is 0.188 e. The quantitative estimate of drug-likeness (QED) is 0.264. The van der Waals surface area contributed by atoms with Crippen molar-refractivity contribution in [3.8, 4) is 0 Å². The van der Waals surface area contributed by atoms with E-state index in [0.717, 1.165) is 39.0 Å². The summed E-state index contributed by atoms with van der Waals surface area (Å²) in [5.74, 6) is 1.24. The molecular formula is C17H30IN3O. The summed E-state index contributed by atoms with van der Waals surface area (Å²) in [5, 5.41) is 3.13. The molecule has 0 spiro atoms. The molecule has 3 N–H and O–H groups in total. The van der Waals surface area contributed by atoms with Crippen molar-refractivity contribution < 1.29 is 4.74 Å². The third-order valence-electron chi connectivity index (χ3n) is 3.12. The molecule has 0 heterocycles. The van der Waals surface area contributed by atoms with Gasteiger partial charge in [0.25, 0.3) is 0 Å². The topological polar surface area (TPSA) is 59.6 Å². The molecule has 0 unspecified atom stereocenters. The molecule has 1 aromatic carbocycles. The van der Waals surface area contributed by atoms with Crippen LogP contribution in [0.15, 0.2) is 35.3 Å². The van der Waals surface area contributed by atoms with Crippen LogP contribution in [0.25, 0.3) is 0 Å². The number of unbranched alkanes of at least 4 members (excludes halogenated alkanes) is 1. The molecule has 0 aromatic heterocycles. The normalized spacial score (nSPS) is 11.3. The minimum atomic E-state index is 0. The highest BCUT2D eigenvalue weighted by atomic mass is 127. The SMILES string of the molecule is CC(C)CCNC(N)=NCCCCOCc1ccccc1.I. The average molecular weight is 419 g/mol. The zero-order chi connectivity index (χ0) is 15.3. The van der Waals surface area contributed by atoms with Gasteiger partial charge < -0.3 is 15.8 Å². The maximum atomic E-state index is 5.78. The summed E-state index contributed by atoms with van der Waals surface area (Å²) >= 11 is 0. The maximum Gasteiger partial charge on any atom is 0.188 e. The van der Waals surface area contributed by atoms with Crippen molar-refractivity contribution in [3.63, 3.8) is 0 Å². The van der Waals surface area contributed by atoms with Crippen LogP contribution in [-0.4, -0.2) is 25.7 Å². The van der Waals surface area contributed by atoms with Gasteiger partial charge in [-0.25, -0.2) is 0 Å². The summed E-state index contributed by atoms with van der Waals surface area (Å²) < 4.78 is 5.62. The van der Waals surface area contributed by atoms with Crippen molar-refractivity contribution in [1.29, 1.82) is 0 Å². The summed E-state index contributed by atoms with van der Waals surface area (Å²) in [5.41, 5.74) is 7.00. The lowest BCUT2D eigenvalue weighted by atomic mass is 10.1. The lowest BCUT2D eigenvalue weighted by molar-refractivity contribution is 0.117. The lowest BCUT2D eigenvalue weighted by Gasteiger charge is -2.07. The van der Waals surface area contributed by atoms with Crippen molar-refractivity contribution >= 4 is 29.9 Å². The molecule has 0 radical (unpaired) electrons. The standard InChI is InChI=1S/C17H29N3O.HI/c1-15(2)10-12-20-17(18)19-11-6-7-13-21-14-16-8-4-3-5-9-16;/h3-5,8-9,15H,6-7,10-14H2,1-2H3,(H3,18,19,20);1H. The fourth-order valence-electron chi connectivity index (χ4n) is 1.82. The fraction of sp³-hybridized carbons (Fsp3) is 0.588. The number of rotatable bonds is 10. The molecule has 0 atom stereocenters. The summed E-state index contributed by atoms with van der Waals surface area (Å²) in [7, 11) is 0. The molecule has 5 heteroatoms. The number of aliphatic imine (C=N–C) groups is 1. The van der Waals surface area contributed by atoms with Crippen LogP contribution in [0.5, 0.6) is 0 Å². The van der Waals surface area contributed by atoms with Gasteiger partial charge in [0.15, 0.2) is 5.96 Å². The Balaban J connectivity index is 0.00000441.